The average molecular weight is 233 g/mol. The first-order chi connectivity index (χ1) is 8.28. The van der Waals surface area contributed by atoms with E-state index < -0.39 is 0 Å². The van der Waals surface area contributed by atoms with Crippen LogP contribution in [-0.2, 0) is 9.63 Å². The van der Waals surface area contributed by atoms with Gasteiger partial charge in [0.05, 0.1) is 13.2 Å². The molecule has 4 heteroatoms. The quantitative estimate of drug-likeness (QED) is 0.779. The van der Waals surface area contributed by atoms with Gasteiger partial charge in [-0.3, -0.25) is 9.63 Å². The maximum atomic E-state index is 11.6. The van der Waals surface area contributed by atoms with Crippen LogP contribution in [0.5, 0.6) is 5.75 Å². The van der Waals surface area contributed by atoms with Gasteiger partial charge in [0.2, 0.25) is 0 Å². The van der Waals surface area contributed by atoms with E-state index in [1.165, 1.54) is 5.56 Å². The number of fused-ring (bicyclic) bond motifs is 2. The number of carbonyl (C=O) groups is 1. The summed E-state index contributed by atoms with van der Waals surface area (Å²) in [6.07, 6.45) is 1.15. The molecule has 2 saturated heterocycles. The van der Waals surface area contributed by atoms with Crippen molar-refractivity contribution >= 4 is 5.78 Å². The molecule has 17 heavy (non-hydrogen) atoms. The van der Waals surface area contributed by atoms with Gasteiger partial charge < -0.3 is 4.74 Å². The topological polar surface area (TPSA) is 38.8 Å². The smallest absolute Gasteiger partial charge is 0.165 e. The molecule has 0 aliphatic carbocycles. The first kappa shape index (κ1) is 10.7. The van der Waals surface area contributed by atoms with E-state index in [4.69, 9.17) is 9.57 Å². The summed E-state index contributed by atoms with van der Waals surface area (Å²) < 4.78 is 5.14. The van der Waals surface area contributed by atoms with Crippen molar-refractivity contribution in [1.29, 1.82) is 0 Å². The third-order valence-electron chi connectivity index (χ3n) is 3.49. The molecule has 0 radical (unpaired) electrons. The van der Waals surface area contributed by atoms with Crippen molar-refractivity contribution in [3.05, 3.63) is 29.8 Å². The van der Waals surface area contributed by atoms with Crippen molar-refractivity contribution in [3.63, 3.8) is 0 Å². The minimum Gasteiger partial charge on any atom is -0.497 e. The second-order valence-corrected chi connectivity index (χ2v) is 4.48. The fraction of sp³-hybridized carbons (Fsp3) is 0.462. The molecule has 0 amide bonds. The third-order valence-corrected chi connectivity index (χ3v) is 3.49. The number of hydrogen-bond donors (Lipinski definition) is 0. The number of carbonyl (C=O) groups excluding carboxylic acids is 1. The predicted octanol–water partition coefficient (Wildman–Crippen LogP) is 1.72. The number of Topliss-reactive ketones (excluding diaryl/α,β-unsaturated/α-hetero) is 1. The summed E-state index contributed by atoms with van der Waals surface area (Å²) in [5.74, 6) is 1.08. The zero-order chi connectivity index (χ0) is 11.8. The molecule has 0 aromatic heterocycles. The summed E-state index contributed by atoms with van der Waals surface area (Å²) in [6.45, 7) is 0.700. The van der Waals surface area contributed by atoms with Crippen molar-refractivity contribution in [2.75, 3.05) is 13.7 Å². The summed E-state index contributed by atoms with van der Waals surface area (Å²) in [7, 11) is 1.66. The maximum absolute atomic E-state index is 11.6. The van der Waals surface area contributed by atoms with E-state index in [-0.39, 0.29) is 17.9 Å². The number of rotatable bonds is 2. The normalized spacial score (nSPS) is 31.6. The van der Waals surface area contributed by atoms with Crippen LogP contribution in [-0.4, -0.2) is 30.6 Å². The van der Waals surface area contributed by atoms with Gasteiger partial charge in [0.25, 0.3) is 0 Å². The molecule has 2 aliphatic heterocycles. The van der Waals surface area contributed by atoms with Gasteiger partial charge >= 0.3 is 0 Å². The molecule has 2 fully saturated rings. The van der Waals surface area contributed by atoms with Crippen molar-refractivity contribution in [2.45, 2.75) is 25.0 Å². The van der Waals surface area contributed by atoms with E-state index in [1.54, 1.807) is 7.11 Å². The number of ketones is 1. The molecule has 2 aliphatic rings. The predicted molar refractivity (Wildman–Crippen MR) is 61.6 cm³/mol. The lowest BCUT2D eigenvalue weighted by Gasteiger charge is -2.25. The Morgan fingerprint density at radius 2 is 2.12 bits per heavy atom. The first-order valence-corrected chi connectivity index (χ1v) is 5.88. The molecule has 3 rings (SSSR count). The molecular formula is C13H15NO3. The standard InChI is InChI=1S/C13H15NO3/c1-16-10-4-2-9(3-5-10)11-8-13-12(15)6-7-14(11)17-13/h2-5,11,13H,6-8H2,1H3/t11-,13-/m1/s1. The minimum atomic E-state index is -0.226. The molecule has 2 bridgehead atoms. The number of benzene rings is 1. The molecule has 1 unspecified atom stereocenters. The van der Waals surface area contributed by atoms with Gasteiger partial charge in [0.1, 0.15) is 11.9 Å². The second kappa shape index (κ2) is 4.13. The summed E-state index contributed by atoms with van der Waals surface area (Å²) in [5, 5.41) is 1.94. The Bertz CT molecular complexity index is 429. The van der Waals surface area contributed by atoms with E-state index in [0.717, 1.165) is 12.2 Å². The van der Waals surface area contributed by atoms with Crippen LogP contribution >= 0.6 is 0 Å². The molecule has 90 valence electrons. The van der Waals surface area contributed by atoms with E-state index in [1.807, 2.05) is 29.3 Å². The van der Waals surface area contributed by atoms with Gasteiger partial charge in [-0.05, 0) is 17.7 Å². The molecule has 3 atom stereocenters. The lowest BCUT2D eigenvalue weighted by molar-refractivity contribution is -0.189. The van der Waals surface area contributed by atoms with Gasteiger partial charge in [-0.2, -0.15) is 5.06 Å². The van der Waals surface area contributed by atoms with Crippen LogP contribution in [0.15, 0.2) is 24.3 Å². The number of hydroxylamine groups is 2. The van der Waals surface area contributed by atoms with Gasteiger partial charge in [-0.15, -0.1) is 0 Å². The molecule has 0 spiro atoms. The number of ether oxygens (including phenoxy) is 1. The van der Waals surface area contributed by atoms with Crippen LogP contribution in [0.4, 0.5) is 0 Å². The van der Waals surface area contributed by atoms with E-state index in [0.29, 0.717) is 13.0 Å². The summed E-state index contributed by atoms with van der Waals surface area (Å²) in [4.78, 5) is 17.1. The number of nitrogens with zero attached hydrogens (tertiary/aromatic N) is 1. The van der Waals surface area contributed by atoms with Crippen molar-refractivity contribution in [2.24, 2.45) is 0 Å². The Morgan fingerprint density at radius 1 is 1.35 bits per heavy atom. The molecule has 0 saturated carbocycles. The fourth-order valence-corrected chi connectivity index (χ4v) is 2.51. The largest absolute Gasteiger partial charge is 0.497 e. The van der Waals surface area contributed by atoms with E-state index in [9.17, 15) is 4.79 Å². The van der Waals surface area contributed by atoms with Crippen LogP contribution in [0.2, 0.25) is 0 Å². The molecule has 2 heterocycles. The molecular weight excluding hydrogens is 218 g/mol. The molecule has 1 aromatic rings. The Balaban J connectivity index is 1.82. The molecule has 1 aromatic carbocycles. The van der Waals surface area contributed by atoms with Crippen LogP contribution < -0.4 is 4.74 Å². The van der Waals surface area contributed by atoms with Crippen molar-refractivity contribution in [3.8, 4) is 5.75 Å². The van der Waals surface area contributed by atoms with E-state index in [2.05, 4.69) is 0 Å². The highest BCUT2D eigenvalue weighted by Gasteiger charge is 2.41. The van der Waals surface area contributed by atoms with Crippen LogP contribution in [0.3, 0.4) is 0 Å². The summed E-state index contributed by atoms with van der Waals surface area (Å²) in [5.41, 5.74) is 1.18. The highest BCUT2D eigenvalue weighted by molar-refractivity contribution is 5.84. The monoisotopic (exact) mass is 233 g/mol. The summed E-state index contributed by atoms with van der Waals surface area (Å²) in [6, 6.07) is 8.18. The Labute approximate surface area is 100 Å². The Kier molecular flexibility index (Phi) is 2.61. The van der Waals surface area contributed by atoms with Gasteiger partial charge in [-0.25, -0.2) is 0 Å². The van der Waals surface area contributed by atoms with Crippen LogP contribution in [0.25, 0.3) is 0 Å². The van der Waals surface area contributed by atoms with Gasteiger partial charge in [0.15, 0.2) is 5.78 Å². The fourth-order valence-electron chi connectivity index (χ4n) is 2.51. The lowest BCUT2D eigenvalue weighted by atomic mass is 10.0. The number of hydrogen-bond acceptors (Lipinski definition) is 4. The average Bonchev–Trinajstić information content (AvgIpc) is 2.74. The van der Waals surface area contributed by atoms with E-state index >= 15 is 0 Å². The second-order valence-electron chi connectivity index (χ2n) is 4.48. The van der Waals surface area contributed by atoms with Crippen LogP contribution in [0, 0.1) is 0 Å². The third kappa shape index (κ3) is 1.83. The Hall–Kier alpha value is -1.39. The highest BCUT2D eigenvalue weighted by Crippen LogP contribution is 2.37. The minimum absolute atomic E-state index is 0.206. The van der Waals surface area contributed by atoms with Gasteiger partial charge in [-0.1, -0.05) is 12.1 Å². The van der Waals surface area contributed by atoms with Crippen LogP contribution in [0.1, 0.15) is 24.4 Å². The molecule has 0 N–H and O–H groups in total. The van der Waals surface area contributed by atoms with Gasteiger partial charge in [0, 0.05) is 19.4 Å². The number of methoxy groups -OCH3 is 1. The first-order valence-electron chi connectivity index (χ1n) is 5.88. The molecule has 4 nitrogen and oxygen atoms in total. The van der Waals surface area contributed by atoms with Crippen molar-refractivity contribution in [1.82, 2.24) is 5.06 Å². The summed E-state index contributed by atoms with van der Waals surface area (Å²) >= 11 is 0. The lowest BCUT2D eigenvalue weighted by Crippen LogP contribution is -2.33. The highest BCUT2D eigenvalue weighted by atomic mass is 16.7. The van der Waals surface area contributed by atoms with Crippen molar-refractivity contribution < 1.29 is 14.4 Å². The SMILES string of the molecule is COc1ccc([C@H]2C[C@H]3ON2CCC3=O)cc1. The maximum Gasteiger partial charge on any atom is 0.165 e. The zero-order valence-electron chi connectivity index (χ0n) is 9.76. The zero-order valence-corrected chi connectivity index (χ0v) is 9.76. The Morgan fingerprint density at radius 3 is 2.76 bits per heavy atom.